The van der Waals surface area contributed by atoms with E-state index in [-0.39, 0.29) is 12.0 Å². The molecule has 2 heterocycles. The third-order valence-electron chi connectivity index (χ3n) is 5.02. The molecule has 3 aromatic rings. The van der Waals surface area contributed by atoms with Gasteiger partial charge in [0.1, 0.15) is 11.2 Å². The topological polar surface area (TPSA) is 56.9 Å². The van der Waals surface area contributed by atoms with Gasteiger partial charge in [0.2, 0.25) is 5.43 Å². The van der Waals surface area contributed by atoms with Crippen molar-refractivity contribution in [3.8, 4) is 0 Å². The number of benzene rings is 2. The van der Waals surface area contributed by atoms with E-state index in [2.05, 4.69) is 9.80 Å². The van der Waals surface area contributed by atoms with Crippen LogP contribution in [0.2, 0.25) is 5.02 Å². The monoisotopic (exact) mass is 372 g/mol. The highest BCUT2D eigenvalue weighted by Crippen LogP contribution is 2.25. The molecule has 0 aliphatic carbocycles. The molecule has 1 fully saturated rings. The number of fused-ring (bicyclic) bond motifs is 2. The normalized spacial score (nSPS) is 16.5. The van der Waals surface area contributed by atoms with Crippen LogP contribution in [0, 0.1) is 0 Å². The number of hydrogen-bond acceptors (Lipinski definition) is 5. The second kappa shape index (κ2) is 7.37. The van der Waals surface area contributed by atoms with Crippen molar-refractivity contribution in [1.82, 2.24) is 9.80 Å². The highest BCUT2D eigenvalue weighted by Gasteiger charge is 2.18. The highest BCUT2D eigenvalue weighted by molar-refractivity contribution is 6.31. The summed E-state index contributed by atoms with van der Waals surface area (Å²) in [5, 5.41) is 10.8. The number of aliphatic hydroxyl groups excluding tert-OH is 1. The molecule has 0 amide bonds. The van der Waals surface area contributed by atoms with Crippen molar-refractivity contribution in [2.45, 2.75) is 6.54 Å². The van der Waals surface area contributed by atoms with Gasteiger partial charge in [0, 0.05) is 55.9 Å². The molecule has 1 saturated heterocycles. The van der Waals surface area contributed by atoms with E-state index in [1.165, 1.54) is 0 Å². The number of aliphatic hydroxyl groups is 1. The van der Waals surface area contributed by atoms with Crippen molar-refractivity contribution in [2.75, 3.05) is 39.3 Å². The first-order chi connectivity index (χ1) is 12.7. The van der Waals surface area contributed by atoms with E-state index in [4.69, 9.17) is 21.1 Å². The molecule has 1 N–H and O–H groups in total. The van der Waals surface area contributed by atoms with Gasteiger partial charge in [0.25, 0.3) is 0 Å². The molecule has 0 saturated carbocycles. The van der Waals surface area contributed by atoms with Gasteiger partial charge in [0.05, 0.1) is 17.4 Å². The Kier molecular flexibility index (Phi) is 4.96. The minimum Gasteiger partial charge on any atom is -0.455 e. The van der Waals surface area contributed by atoms with Gasteiger partial charge in [-0.15, -0.1) is 0 Å². The molecule has 26 heavy (non-hydrogen) atoms. The Balaban J connectivity index is 1.68. The first-order valence-electron chi connectivity index (χ1n) is 8.85. The number of rotatable bonds is 4. The third-order valence-corrected chi connectivity index (χ3v) is 5.25. The van der Waals surface area contributed by atoms with Crippen molar-refractivity contribution in [1.29, 1.82) is 0 Å². The zero-order chi connectivity index (χ0) is 18.1. The fraction of sp³-hybridized carbons (Fsp3) is 0.350. The lowest BCUT2D eigenvalue weighted by Gasteiger charge is -2.34. The molecule has 4 rings (SSSR count). The molecular formula is C20H21ClN2O3. The SMILES string of the molecule is O=c1c2ccc(Cl)cc2oc2c(CN3CCN(CCO)CC3)cccc12. The van der Waals surface area contributed by atoms with Crippen LogP contribution in [0.15, 0.2) is 45.6 Å². The van der Waals surface area contributed by atoms with Crippen LogP contribution in [0.3, 0.4) is 0 Å². The molecule has 0 atom stereocenters. The summed E-state index contributed by atoms with van der Waals surface area (Å²) in [5.74, 6) is 0. The quantitative estimate of drug-likeness (QED) is 0.714. The van der Waals surface area contributed by atoms with Gasteiger partial charge in [-0.1, -0.05) is 23.7 Å². The molecule has 0 bridgehead atoms. The predicted molar refractivity (Wildman–Crippen MR) is 104 cm³/mol. The van der Waals surface area contributed by atoms with Crippen LogP contribution in [0.5, 0.6) is 0 Å². The fourth-order valence-corrected chi connectivity index (χ4v) is 3.75. The second-order valence-corrected chi connectivity index (χ2v) is 7.14. The van der Waals surface area contributed by atoms with Crippen molar-refractivity contribution < 1.29 is 9.52 Å². The zero-order valence-electron chi connectivity index (χ0n) is 14.4. The van der Waals surface area contributed by atoms with E-state index in [0.717, 1.165) is 44.8 Å². The minimum absolute atomic E-state index is 0.0208. The maximum atomic E-state index is 12.8. The maximum Gasteiger partial charge on any atom is 0.200 e. The lowest BCUT2D eigenvalue weighted by Crippen LogP contribution is -2.46. The van der Waals surface area contributed by atoms with Gasteiger partial charge in [0.15, 0.2) is 0 Å². The second-order valence-electron chi connectivity index (χ2n) is 6.71. The first-order valence-corrected chi connectivity index (χ1v) is 9.23. The number of halogens is 1. The third kappa shape index (κ3) is 3.35. The molecule has 1 aliphatic rings. The van der Waals surface area contributed by atoms with Gasteiger partial charge in [-0.25, -0.2) is 0 Å². The predicted octanol–water partition coefficient (Wildman–Crippen LogP) is 2.71. The Labute approximate surface area is 156 Å². The van der Waals surface area contributed by atoms with E-state index in [0.29, 0.717) is 27.0 Å². The number of para-hydroxylation sites is 1. The largest absolute Gasteiger partial charge is 0.455 e. The van der Waals surface area contributed by atoms with E-state index < -0.39 is 0 Å². The van der Waals surface area contributed by atoms with E-state index in [1.54, 1.807) is 18.2 Å². The fourth-order valence-electron chi connectivity index (χ4n) is 3.59. The summed E-state index contributed by atoms with van der Waals surface area (Å²) in [6.45, 7) is 5.40. The van der Waals surface area contributed by atoms with Crippen LogP contribution < -0.4 is 5.43 Å². The molecule has 5 nitrogen and oxygen atoms in total. The molecule has 2 aromatic carbocycles. The molecule has 1 aliphatic heterocycles. The van der Waals surface area contributed by atoms with Crippen LogP contribution in [0.4, 0.5) is 0 Å². The van der Waals surface area contributed by atoms with E-state index in [9.17, 15) is 4.79 Å². The maximum absolute atomic E-state index is 12.8. The Bertz CT molecular complexity index is 993. The molecule has 6 heteroatoms. The molecule has 136 valence electrons. The lowest BCUT2D eigenvalue weighted by atomic mass is 10.1. The summed E-state index contributed by atoms with van der Waals surface area (Å²) in [4.78, 5) is 17.4. The summed E-state index contributed by atoms with van der Waals surface area (Å²) in [6, 6.07) is 10.9. The summed E-state index contributed by atoms with van der Waals surface area (Å²) in [7, 11) is 0. The number of nitrogens with zero attached hydrogens (tertiary/aromatic N) is 2. The van der Waals surface area contributed by atoms with Crippen LogP contribution in [0.25, 0.3) is 21.9 Å². The van der Waals surface area contributed by atoms with Crippen molar-refractivity contribution in [2.24, 2.45) is 0 Å². The van der Waals surface area contributed by atoms with Crippen molar-refractivity contribution in [3.05, 3.63) is 57.2 Å². The summed E-state index contributed by atoms with van der Waals surface area (Å²) < 4.78 is 6.09. The first kappa shape index (κ1) is 17.5. The zero-order valence-corrected chi connectivity index (χ0v) is 15.2. The van der Waals surface area contributed by atoms with Crippen molar-refractivity contribution in [3.63, 3.8) is 0 Å². The van der Waals surface area contributed by atoms with Gasteiger partial charge in [-0.2, -0.15) is 0 Å². The van der Waals surface area contributed by atoms with Gasteiger partial charge in [-0.05, 0) is 18.2 Å². The van der Waals surface area contributed by atoms with Crippen molar-refractivity contribution >= 4 is 33.5 Å². The smallest absolute Gasteiger partial charge is 0.200 e. The Morgan fingerprint density at radius 3 is 2.58 bits per heavy atom. The Hall–Kier alpha value is -1.92. The number of hydrogen-bond donors (Lipinski definition) is 1. The molecular weight excluding hydrogens is 352 g/mol. The van der Waals surface area contributed by atoms with Gasteiger partial charge in [-0.3, -0.25) is 14.6 Å². The lowest BCUT2D eigenvalue weighted by molar-refractivity contribution is 0.108. The van der Waals surface area contributed by atoms with Crippen LogP contribution in [-0.4, -0.2) is 54.2 Å². The number of piperazine rings is 1. The Morgan fingerprint density at radius 1 is 1.04 bits per heavy atom. The minimum atomic E-state index is -0.0208. The molecule has 0 spiro atoms. The van der Waals surface area contributed by atoms with Crippen LogP contribution >= 0.6 is 11.6 Å². The average Bonchev–Trinajstić information content (AvgIpc) is 2.64. The van der Waals surface area contributed by atoms with Crippen LogP contribution in [0.1, 0.15) is 5.56 Å². The summed E-state index contributed by atoms with van der Waals surface area (Å²) in [5.41, 5.74) is 2.16. The molecule has 0 radical (unpaired) electrons. The summed E-state index contributed by atoms with van der Waals surface area (Å²) in [6.07, 6.45) is 0. The molecule has 1 aromatic heterocycles. The van der Waals surface area contributed by atoms with E-state index >= 15 is 0 Å². The van der Waals surface area contributed by atoms with Gasteiger partial charge >= 0.3 is 0 Å². The average molecular weight is 373 g/mol. The van der Waals surface area contributed by atoms with E-state index in [1.807, 2.05) is 18.2 Å². The molecule has 0 unspecified atom stereocenters. The highest BCUT2D eigenvalue weighted by atomic mass is 35.5. The standard InChI is InChI=1S/C20H21ClN2O3/c21-15-4-5-16-18(12-15)26-20-14(2-1-3-17(20)19(16)25)13-23-8-6-22(7-9-23)10-11-24/h1-5,12,24H,6-11,13H2. The van der Waals surface area contributed by atoms with Gasteiger partial charge < -0.3 is 9.52 Å². The Morgan fingerprint density at radius 2 is 1.81 bits per heavy atom. The summed E-state index contributed by atoms with van der Waals surface area (Å²) >= 11 is 6.06. The van der Waals surface area contributed by atoms with Crippen LogP contribution in [-0.2, 0) is 6.54 Å². The number of β-amino-alcohol motifs (C(OH)–C–C–N with tert-alkyl or cyclic N) is 1.